The first kappa shape index (κ1) is 18.1. The van der Waals surface area contributed by atoms with Crippen LogP contribution >= 0.6 is 0 Å². The molecule has 1 amide bonds. The molecule has 9 nitrogen and oxygen atoms in total. The molecule has 9 heteroatoms. The van der Waals surface area contributed by atoms with Gasteiger partial charge in [0.2, 0.25) is 5.91 Å². The number of piperidine rings is 1. The third-order valence-electron chi connectivity index (χ3n) is 6.17. The van der Waals surface area contributed by atoms with Crippen molar-refractivity contribution < 1.29 is 4.79 Å². The van der Waals surface area contributed by atoms with E-state index in [1.807, 2.05) is 6.92 Å². The van der Waals surface area contributed by atoms with Gasteiger partial charge in [-0.3, -0.25) is 9.89 Å². The summed E-state index contributed by atoms with van der Waals surface area (Å²) >= 11 is 0. The molecule has 0 unspecified atom stereocenters. The molecule has 3 aromatic heterocycles. The zero-order chi connectivity index (χ0) is 19.8. The normalized spacial score (nSPS) is 20.4. The Kier molecular flexibility index (Phi) is 4.65. The molecule has 0 radical (unpaired) electrons. The van der Waals surface area contributed by atoms with Crippen LogP contribution in [0, 0.1) is 12.8 Å². The number of H-pyrrole nitrogens is 1. The molecule has 1 atom stereocenters. The molecule has 1 saturated carbocycles. The van der Waals surface area contributed by atoms with E-state index in [0.717, 1.165) is 74.5 Å². The topological polar surface area (TPSA) is 104 Å². The highest BCUT2D eigenvalue weighted by Crippen LogP contribution is 2.33. The van der Waals surface area contributed by atoms with Gasteiger partial charge in [-0.15, -0.1) is 0 Å². The Morgan fingerprint density at radius 3 is 2.97 bits per heavy atom. The van der Waals surface area contributed by atoms with E-state index in [1.165, 1.54) is 6.33 Å². The Bertz CT molecular complexity index is 1020. The van der Waals surface area contributed by atoms with Crippen LogP contribution < -0.4 is 10.2 Å². The zero-order valence-electron chi connectivity index (χ0n) is 16.6. The van der Waals surface area contributed by atoms with Gasteiger partial charge < -0.3 is 10.2 Å². The summed E-state index contributed by atoms with van der Waals surface area (Å²) in [6, 6.07) is 2.06. The SMILES string of the molecule is Cc1cc(N2CCC[C@H](c3[nH]ncc3NC(=O)C3CCCC3)C2)n2ncnc2n1. The number of rotatable bonds is 4. The summed E-state index contributed by atoms with van der Waals surface area (Å²) in [5, 5.41) is 14.9. The minimum atomic E-state index is 0.131. The number of anilines is 2. The van der Waals surface area contributed by atoms with Crippen molar-refractivity contribution in [2.45, 2.75) is 51.4 Å². The van der Waals surface area contributed by atoms with Crippen LogP contribution in [0.25, 0.3) is 5.78 Å². The number of hydrogen-bond donors (Lipinski definition) is 2. The lowest BCUT2D eigenvalue weighted by molar-refractivity contribution is -0.119. The largest absolute Gasteiger partial charge is 0.356 e. The summed E-state index contributed by atoms with van der Waals surface area (Å²) in [6.45, 7) is 3.75. The average molecular weight is 394 g/mol. The van der Waals surface area contributed by atoms with Crippen molar-refractivity contribution in [3.05, 3.63) is 30.0 Å². The predicted molar refractivity (Wildman–Crippen MR) is 109 cm³/mol. The number of aryl methyl sites for hydroxylation is 1. The molecule has 2 N–H and O–H groups in total. The molecule has 2 aliphatic rings. The van der Waals surface area contributed by atoms with Gasteiger partial charge in [0.15, 0.2) is 0 Å². The summed E-state index contributed by atoms with van der Waals surface area (Å²) in [5.74, 6) is 2.16. The second-order valence-electron chi connectivity index (χ2n) is 8.18. The lowest BCUT2D eigenvalue weighted by Crippen LogP contribution is -2.36. The van der Waals surface area contributed by atoms with Gasteiger partial charge in [0.05, 0.1) is 17.6 Å². The zero-order valence-corrected chi connectivity index (χ0v) is 16.6. The maximum Gasteiger partial charge on any atom is 0.254 e. The number of fused-ring (bicyclic) bond motifs is 1. The first-order valence-electron chi connectivity index (χ1n) is 10.5. The van der Waals surface area contributed by atoms with E-state index in [-0.39, 0.29) is 17.7 Å². The van der Waals surface area contributed by atoms with E-state index < -0.39 is 0 Å². The highest BCUT2D eigenvalue weighted by atomic mass is 16.1. The van der Waals surface area contributed by atoms with Gasteiger partial charge in [-0.2, -0.15) is 19.7 Å². The fourth-order valence-corrected chi connectivity index (χ4v) is 4.69. The lowest BCUT2D eigenvalue weighted by atomic mass is 9.94. The molecule has 1 aliphatic carbocycles. The fraction of sp³-hybridized carbons (Fsp3) is 0.550. The van der Waals surface area contributed by atoms with Crippen LogP contribution in [0.5, 0.6) is 0 Å². The van der Waals surface area contributed by atoms with Crippen LogP contribution in [-0.2, 0) is 4.79 Å². The molecule has 1 saturated heterocycles. The molecular weight excluding hydrogens is 368 g/mol. The molecule has 0 spiro atoms. The van der Waals surface area contributed by atoms with Crippen LogP contribution in [-0.4, -0.2) is 48.8 Å². The maximum absolute atomic E-state index is 12.6. The number of carbonyl (C=O) groups is 1. The number of nitrogens with one attached hydrogen (secondary N) is 2. The third kappa shape index (κ3) is 3.45. The van der Waals surface area contributed by atoms with Crippen LogP contribution in [0.15, 0.2) is 18.6 Å². The van der Waals surface area contributed by atoms with Crippen LogP contribution in [0.1, 0.15) is 55.8 Å². The van der Waals surface area contributed by atoms with Gasteiger partial charge in [0.1, 0.15) is 12.1 Å². The Balaban J connectivity index is 1.37. The van der Waals surface area contributed by atoms with Crippen molar-refractivity contribution in [1.29, 1.82) is 0 Å². The minimum absolute atomic E-state index is 0.131. The molecule has 3 aromatic rings. The molecular formula is C20H26N8O. The maximum atomic E-state index is 12.6. The molecule has 2 fully saturated rings. The van der Waals surface area contributed by atoms with Gasteiger partial charge in [0, 0.05) is 36.7 Å². The van der Waals surface area contributed by atoms with Crippen molar-refractivity contribution in [1.82, 2.24) is 29.8 Å². The van der Waals surface area contributed by atoms with E-state index in [1.54, 1.807) is 10.7 Å². The second-order valence-corrected chi connectivity index (χ2v) is 8.18. The smallest absolute Gasteiger partial charge is 0.254 e. The van der Waals surface area contributed by atoms with E-state index in [0.29, 0.717) is 5.78 Å². The number of amides is 1. The Morgan fingerprint density at radius 1 is 1.24 bits per heavy atom. The van der Waals surface area contributed by atoms with Gasteiger partial charge in [-0.1, -0.05) is 12.8 Å². The van der Waals surface area contributed by atoms with Gasteiger partial charge >= 0.3 is 0 Å². The first-order valence-corrected chi connectivity index (χ1v) is 10.5. The Hall–Kier alpha value is -2.97. The Morgan fingerprint density at radius 2 is 2.10 bits per heavy atom. The summed E-state index contributed by atoms with van der Waals surface area (Å²) in [4.78, 5) is 23.6. The average Bonchev–Trinajstić information content (AvgIpc) is 3.48. The summed E-state index contributed by atoms with van der Waals surface area (Å²) < 4.78 is 1.80. The standard InChI is InChI=1S/C20H26N8O/c1-13-9-17(28-20(24-13)21-12-23-28)27-8-4-7-15(11-27)18-16(10-22-26-18)25-19(29)14-5-2-3-6-14/h9-10,12,14-15H,2-8,11H2,1H3,(H,22,26)(H,25,29)/t15-/m0/s1. The van der Waals surface area contributed by atoms with Crippen molar-refractivity contribution in [3.63, 3.8) is 0 Å². The molecule has 0 aromatic carbocycles. The first-order chi connectivity index (χ1) is 14.2. The molecule has 152 valence electrons. The third-order valence-corrected chi connectivity index (χ3v) is 6.17. The van der Waals surface area contributed by atoms with Crippen molar-refractivity contribution in [2.24, 2.45) is 5.92 Å². The quantitative estimate of drug-likeness (QED) is 0.705. The van der Waals surface area contributed by atoms with Gasteiger partial charge in [0.25, 0.3) is 5.78 Å². The van der Waals surface area contributed by atoms with Gasteiger partial charge in [-0.25, -0.2) is 4.98 Å². The number of aromatic amines is 1. The number of hydrogen-bond acceptors (Lipinski definition) is 6. The van der Waals surface area contributed by atoms with Crippen LogP contribution in [0.3, 0.4) is 0 Å². The molecule has 1 aliphatic heterocycles. The molecule has 0 bridgehead atoms. The fourth-order valence-electron chi connectivity index (χ4n) is 4.69. The summed E-state index contributed by atoms with van der Waals surface area (Å²) in [5.41, 5.74) is 2.76. The van der Waals surface area contributed by atoms with E-state index in [9.17, 15) is 4.79 Å². The lowest BCUT2D eigenvalue weighted by Gasteiger charge is -2.34. The van der Waals surface area contributed by atoms with E-state index in [2.05, 4.69) is 41.5 Å². The monoisotopic (exact) mass is 394 g/mol. The summed E-state index contributed by atoms with van der Waals surface area (Å²) in [6.07, 6.45) is 9.67. The highest BCUT2D eigenvalue weighted by molar-refractivity contribution is 5.93. The summed E-state index contributed by atoms with van der Waals surface area (Å²) in [7, 11) is 0. The minimum Gasteiger partial charge on any atom is -0.356 e. The van der Waals surface area contributed by atoms with Crippen molar-refractivity contribution >= 4 is 23.2 Å². The molecule has 4 heterocycles. The predicted octanol–water partition coefficient (Wildman–Crippen LogP) is 2.67. The van der Waals surface area contributed by atoms with E-state index >= 15 is 0 Å². The van der Waals surface area contributed by atoms with Gasteiger partial charge in [-0.05, 0) is 32.6 Å². The number of carbonyl (C=O) groups excluding carboxylic acids is 1. The second kappa shape index (κ2) is 7.46. The van der Waals surface area contributed by atoms with Crippen LogP contribution in [0.2, 0.25) is 0 Å². The number of nitrogens with zero attached hydrogens (tertiary/aromatic N) is 6. The van der Waals surface area contributed by atoms with E-state index in [4.69, 9.17) is 0 Å². The highest BCUT2D eigenvalue weighted by Gasteiger charge is 2.29. The van der Waals surface area contributed by atoms with Crippen molar-refractivity contribution in [2.75, 3.05) is 23.3 Å². The van der Waals surface area contributed by atoms with Crippen molar-refractivity contribution in [3.8, 4) is 0 Å². The molecule has 5 rings (SSSR count). The molecule has 29 heavy (non-hydrogen) atoms. The number of aromatic nitrogens is 6. The Labute approximate surface area is 168 Å². The van der Waals surface area contributed by atoms with Crippen LogP contribution in [0.4, 0.5) is 11.5 Å².